The Bertz CT molecular complexity index is 2000. The van der Waals surface area contributed by atoms with Crippen LogP contribution in [0.4, 0.5) is 0 Å². The number of aliphatic hydroxyl groups is 8. The molecule has 97 heavy (non-hydrogen) atoms. The van der Waals surface area contributed by atoms with E-state index in [2.05, 4.69) is 104 Å². The van der Waals surface area contributed by atoms with Crippen molar-refractivity contribution >= 4 is 5.91 Å². The van der Waals surface area contributed by atoms with E-state index in [1.807, 2.05) is 6.08 Å². The highest BCUT2D eigenvalue weighted by molar-refractivity contribution is 5.76. The maximum Gasteiger partial charge on any atom is 0.220 e. The minimum absolute atomic E-state index is 0.250. The standard InChI is InChI=1S/C83H147NO13/c1-3-5-7-9-11-13-15-17-19-21-23-25-27-29-30-31-32-33-34-35-36-37-38-39-40-41-42-43-45-47-49-51-53-55-57-59-61-63-65-67-75(88)84-71(70-94-82-80(93)78(91)81(74(69-86)96-82)97-83-79(92)77(90)76(89)73(68-85)95-83)72(87)66-64-62-60-58-56-54-52-50-48-46-44-28-26-24-22-20-18-16-14-12-10-8-6-4-2/h5,7,11,13,17,19,23,25,29-30,48,50,56,58,64,66,71-74,76-83,85-87,89-93H,3-4,6,8-10,12,14-16,18,20-22,24,26-28,31-47,49,51-55,57,59-63,65,67-70H2,1-2H3,(H,84,88)/b7-5-,13-11-,19-17-,25-23-,30-29-,50-48+,58-56+,66-64+. The lowest BCUT2D eigenvalue weighted by Crippen LogP contribution is -2.65. The number of aliphatic hydroxyl groups excluding tert-OH is 8. The summed E-state index contributed by atoms with van der Waals surface area (Å²) in [5, 5.41) is 87.6. The fourth-order valence-electron chi connectivity index (χ4n) is 12.7. The van der Waals surface area contributed by atoms with Gasteiger partial charge in [-0.1, -0.05) is 329 Å². The zero-order valence-electron chi connectivity index (χ0n) is 61.6. The molecule has 0 saturated carbocycles. The summed E-state index contributed by atoms with van der Waals surface area (Å²) in [6.45, 7) is 2.70. The Balaban J connectivity index is 1.60. The topological polar surface area (TPSA) is 228 Å². The van der Waals surface area contributed by atoms with Crippen molar-refractivity contribution in [2.45, 2.75) is 402 Å². The molecule has 12 atom stereocenters. The Hall–Kier alpha value is -3.09. The number of ether oxygens (including phenoxy) is 4. The Kier molecular flexibility index (Phi) is 61.4. The van der Waals surface area contributed by atoms with Gasteiger partial charge in [0.15, 0.2) is 12.6 Å². The van der Waals surface area contributed by atoms with Crippen molar-refractivity contribution in [3.05, 3.63) is 97.2 Å². The van der Waals surface area contributed by atoms with Crippen LogP contribution >= 0.6 is 0 Å². The Morgan fingerprint density at radius 1 is 0.381 bits per heavy atom. The first-order chi connectivity index (χ1) is 47.6. The summed E-state index contributed by atoms with van der Waals surface area (Å²) in [7, 11) is 0. The molecular formula is C83H147NO13. The van der Waals surface area contributed by atoms with Crippen LogP contribution in [0.1, 0.15) is 328 Å². The summed E-state index contributed by atoms with van der Waals surface area (Å²) in [6.07, 6.45) is 77.8. The smallest absolute Gasteiger partial charge is 0.220 e. The summed E-state index contributed by atoms with van der Waals surface area (Å²) in [5.41, 5.74) is 0. The predicted molar refractivity (Wildman–Crippen MR) is 401 cm³/mol. The van der Waals surface area contributed by atoms with Crippen LogP contribution in [0.3, 0.4) is 0 Å². The maximum atomic E-state index is 13.4. The van der Waals surface area contributed by atoms with E-state index in [0.29, 0.717) is 12.8 Å². The SMILES string of the molecule is CC/C=C\C/C=C\C/C=C\C/C=C\C/C=C\CCCCCCCCCCCCCCCCCCCCCCCCCC(=O)NC(COC1OC(CO)C(OC2OC(CO)C(O)C(O)C2O)C(O)C1O)C(O)/C=C/CC/C=C/CC/C=C/CCCCCCCCCCCCCCCC. The number of carbonyl (C=O) groups is 1. The number of nitrogens with one attached hydrogen (secondary N) is 1. The molecule has 2 fully saturated rings. The van der Waals surface area contributed by atoms with E-state index in [9.17, 15) is 45.6 Å². The lowest BCUT2D eigenvalue weighted by molar-refractivity contribution is -0.359. The third-order valence-electron chi connectivity index (χ3n) is 19.0. The summed E-state index contributed by atoms with van der Waals surface area (Å²) < 4.78 is 22.9. The molecule has 2 heterocycles. The van der Waals surface area contributed by atoms with Crippen molar-refractivity contribution in [2.24, 2.45) is 0 Å². The fourth-order valence-corrected chi connectivity index (χ4v) is 12.7. The Morgan fingerprint density at radius 2 is 0.722 bits per heavy atom. The first-order valence-electron chi connectivity index (χ1n) is 40.0. The van der Waals surface area contributed by atoms with E-state index in [4.69, 9.17) is 18.9 Å². The first-order valence-corrected chi connectivity index (χ1v) is 40.0. The number of carbonyl (C=O) groups excluding carboxylic acids is 1. The van der Waals surface area contributed by atoms with E-state index in [0.717, 1.165) is 77.0 Å². The van der Waals surface area contributed by atoms with Gasteiger partial charge >= 0.3 is 0 Å². The second-order valence-electron chi connectivity index (χ2n) is 27.8. The molecule has 14 nitrogen and oxygen atoms in total. The number of rotatable bonds is 66. The molecule has 0 aromatic heterocycles. The summed E-state index contributed by atoms with van der Waals surface area (Å²) in [4.78, 5) is 13.4. The fraction of sp³-hybridized carbons (Fsp3) is 0.795. The van der Waals surface area contributed by atoms with Crippen LogP contribution in [0.25, 0.3) is 0 Å². The van der Waals surface area contributed by atoms with Gasteiger partial charge in [-0.2, -0.15) is 0 Å². The number of amides is 1. The number of unbranched alkanes of at least 4 members (excludes halogenated alkanes) is 39. The third-order valence-corrected chi connectivity index (χ3v) is 19.0. The van der Waals surface area contributed by atoms with Crippen LogP contribution in [0, 0.1) is 0 Å². The van der Waals surface area contributed by atoms with Crippen molar-refractivity contribution in [2.75, 3.05) is 19.8 Å². The van der Waals surface area contributed by atoms with Gasteiger partial charge in [0.1, 0.15) is 48.8 Å². The van der Waals surface area contributed by atoms with Gasteiger partial charge in [0.25, 0.3) is 0 Å². The predicted octanol–water partition coefficient (Wildman–Crippen LogP) is 18.1. The van der Waals surface area contributed by atoms with Gasteiger partial charge in [0, 0.05) is 6.42 Å². The van der Waals surface area contributed by atoms with Crippen molar-refractivity contribution in [1.29, 1.82) is 0 Å². The van der Waals surface area contributed by atoms with Gasteiger partial charge in [-0.15, -0.1) is 0 Å². The largest absolute Gasteiger partial charge is 0.394 e. The van der Waals surface area contributed by atoms with Gasteiger partial charge < -0.3 is 65.1 Å². The van der Waals surface area contributed by atoms with E-state index >= 15 is 0 Å². The van der Waals surface area contributed by atoms with Crippen molar-refractivity contribution < 1.29 is 64.6 Å². The van der Waals surface area contributed by atoms with Gasteiger partial charge in [-0.25, -0.2) is 0 Å². The highest BCUT2D eigenvalue weighted by Crippen LogP contribution is 2.30. The molecule has 1 amide bonds. The maximum absolute atomic E-state index is 13.4. The normalized spacial score (nSPS) is 22.7. The molecule has 0 bridgehead atoms. The Morgan fingerprint density at radius 3 is 1.13 bits per heavy atom. The second-order valence-corrected chi connectivity index (χ2v) is 27.8. The molecule has 2 saturated heterocycles. The first kappa shape index (κ1) is 90.0. The lowest BCUT2D eigenvalue weighted by atomic mass is 9.97. The monoisotopic (exact) mass is 1370 g/mol. The number of hydrogen-bond acceptors (Lipinski definition) is 13. The van der Waals surface area contributed by atoms with Crippen LogP contribution in [0.15, 0.2) is 97.2 Å². The van der Waals surface area contributed by atoms with Gasteiger partial charge in [-0.05, 0) is 89.9 Å². The summed E-state index contributed by atoms with van der Waals surface area (Å²) in [5.74, 6) is -0.250. The summed E-state index contributed by atoms with van der Waals surface area (Å²) in [6, 6.07) is -0.942. The number of allylic oxidation sites excluding steroid dienone is 15. The van der Waals surface area contributed by atoms with Crippen molar-refractivity contribution in [3.63, 3.8) is 0 Å². The molecule has 0 aromatic carbocycles. The Labute approximate surface area is 592 Å². The highest BCUT2D eigenvalue weighted by Gasteiger charge is 2.51. The van der Waals surface area contributed by atoms with Gasteiger partial charge in [0.2, 0.25) is 5.91 Å². The minimum Gasteiger partial charge on any atom is -0.394 e. The molecule has 2 aliphatic heterocycles. The molecule has 0 radical (unpaired) electrons. The van der Waals surface area contributed by atoms with E-state index in [-0.39, 0.29) is 18.9 Å². The average Bonchev–Trinajstić information content (AvgIpc) is 0.794. The highest BCUT2D eigenvalue weighted by atomic mass is 16.7. The van der Waals surface area contributed by atoms with E-state index in [1.54, 1.807) is 6.08 Å². The molecule has 0 aromatic rings. The van der Waals surface area contributed by atoms with Crippen molar-refractivity contribution in [1.82, 2.24) is 5.32 Å². The third kappa shape index (κ3) is 49.2. The molecule has 12 unspecified atom stereocenters. The zero-order valence-corrected chi connectivity index (χ0v) is 61.6. The molecule has 14 heteroatoms. The van der Waals surface area contributed by atoms with Crippen molar-refractivity contribution in [3.8, 4) is 0 Å². The summed E-state index contributed by atoms with van der Waals surface area (Å²) >= 11 is 0. The van der Waals surface area contributed by atoms with Crippen LogP contribution in [0.2, 0.25) is 0 Å². The quantitative estimate of drug-likeness (QED) is 0.0204. The molecule has 2 rings (SSSR count). The molecule has 9 N–H and O–H groups in total. The van der Waals surface area contributed by atoms with Gasteiger partial charge in [-0.3, -0.25) is 4.79 Å². The lowest BCUT2D eigenvalue weighted by Gasteiger charge is -2.46. The molecule has 2 aliphatic rings. The van der Waals surface area contributed by atoms with E-state index in [1.165, 1.54) is 218 Å². The molecule has 0 spiro atoms. The minimum atomic E-state index is -1.80. The number of hydrogen-bond donors (Lipinski definition) is 9. The van der Waals surface area contributed by atoms with Crippen LogP contribution in [-0.2, 0) is 23.7 Å². The van der Waals surface area contributed by atoms with Gasteiger partial charge in [0.05, 0.1) is 32.0 Å². The van der Waals surface area contributed by atoms with Crippen LogP contribution in [0.5, 0.6) is 0 Å². The van der Waals surface area contributed by atoms with Crippen LogP contribution in [-0.4, -0.2) is 140 Å². The molecule has 562 valence electrons. The second kappa shape index (κ2) is 66.2. The van der Waals surface area contributed by atoms with E-state index < -0.39 is 86.8 Å². The van der Waals surface area contributed by atoms with Crippen LogP contribution < -0.4 is 5.32 Å². The molecular weight excluding hydrogens is 1220 g/mol. The zero-order chi connectivity index (χ0) is 70.1. The average molecular weight is 1370 g/mol. The molecule has 0 aliphatic carbocycles.